The second-order valence-corrected chi connectivity index (χ2v) is 6.04. The molecule has 4 nitrogen and oxygen atoms in total. The number of carboxylic acids is 1. The van der Waals surface area contributed by atoms with Gasteiger partial charge in [-0.05, 0) is 41.5 Å². The molecule has 0 amide bonds. The van der Waals surface area contributed by atoms with Gasteiger partial charge in [0.05, 0.1) is 12.1 Å². The number of para-hydroxylation sites is 1. The Hall–Kier alpha value is -3.53. The Kier molecular flexibility index (Phi) is 4.15. The Morgan fingerprint density at radius 3 is 2.27 bits per heavy atom. The molecule has 0 aliphatic rings. The number of aromatic nitrogens is 1. The number of benzene rings is 3. The molecule has 0 saturated carbocycles. The lowest BCUT2D eigenvalue weighted by Gasteiger charge is -2.06. The summed E-state index contributed by atoms with van der Waals surface area (Å²) in [7, 11) is 0. The van der Waals surface area contributed by atoms with Crippen molar-refractivity contribution in [1.29, 1.82) is 0 Å². The zero-order valence-electron chi connectivity index (χ0n) is 14.0. The van der Waals surface area contributed by atoms with Gasteiger partial charge in [0, 0.05) is 10.9 Å². The van der Waals surface area contributed by atoms with Gasteiger partial charge in [-0.15, -0.1) is 0 Å². The van der Waals surface area contributed by atoms with Crippen LogP contribution in [0, 0.1) is 0 Å². The Bertz CT molecular complexity index is 1050. The van der Waals surface area contributed by atoms with Gasteiger partial charge in [-0.3, -0.25) is 4.79 Å². The molecule has 0 atom stereocenters. The summed E-state index contributed by atoms with van der Waals surface area (Å²) in [5.41, 5.74) is 3.45. The van der Waals surface area contributed by atoms with Crippen LogP contribution in [0.2, 0.25) is 0 Å². The fraction of sp³-hybridized carbons (Fsp3) is 0.0455. The highest BCUT2D eigenvalue weighted by atomic mass is 16.5. The van der Waals surface area contributed by atoms with Crippen LogP contribution in [-0.4, -0.2) is 16.1 Å². The standard InChI is InChI=1S/C22H17NO3/c24-21(25)14-19-18-13-17(26-16-9-5-2-6-10-16)11-12-20(18)23-22(19)15-7-3-1-4-8-15/h1-13,23H,14H2,(H,24,25). The number of fused-ring (bicyclic) bond motifs is 1. The van der Waals surface area contributed by atoms with Crippen LogP contribution in [-0.2, 0) is 11.2 Å². The number of carbonyl (C=O) groups is 1. The smallest absolute Gasteiger partial charge is 0.307 e. The molecule has 0 unspecified atom stereocenters. The van der Waals surface area contributed by atoms with Gasteiger partial charge in [0.25, 0.3) is 0 Å². The molecule has 0 spiro atoms. The third-order valence-electron chi connectivity index (χ3n) is 4.25. The highest BCUT2D eigenvalue weighted by Crippen LogP contribution is 2.34. The van der Waals surface area contributed by atoms with Crippen LogP contribution < -0.4 is 4.74 Å². The molecule has 3 aromatic carbocycles. The predicted molar refractivity (Wildman–Crippen MR) is 102 cm³/mol. The van der Waals surface area contributed by atoms with Crippen molar-refractivity contribution in [3.05, 3.63) is 84.4 Å². The van der Waals surface area contributed by atoms with Crippen LogP contribution in [0.25, 0.3) is 22.2 Å². The molecule has 1 aromatic heterocycles. The Morgan fingerprint density at radius 1 is 0.885 bits per heavy atom. The fourth-order valence-corrected chi connectivity index (χ4v) is 3.10. The molecule has 0 radical (unpaired) electrons. The van der Waals surface area contributed by atoms with E-state index >= 15 is 0 Å². The van der Waals surface area contributed by atoms with Crippen molar-refractivity contribution in [1.82, 2.24) is 4.98 Å². The van der Waals surface area contributed by atoms with E-state index in [4.69, 9.17) is 4.74 Å². The normalized spacial score (nSPS) is 10.8. The van der Waals surface area contributed by atoms with Crippen molar-refractivity contribution < 1.29 is 14.6 Å². The first-order valence-corrected chi connectivity index (χ1v) is 8.35. The minimum Gasteiger partial charge on any atom is -0.481 e. The van der Waals surface area contributed by atoms with Gasteiger partial charge < -0.3 is 14.8 Å². The van der Waals surface area contributed by atoms with E-state index in [9.17, 15) is 9.90 Å². The monoisotopic (exact) mass is 343 g/mol. The first kappa shape index (κ1) is 16.0. The molecule has 2 N–H and O–H groups in total. The van der Waals surface area contributed by atoms with Crippen molar-refractivity contribution in [3.8, 4) is 22.8 Å². The van der Waals surface area contributed by atoms with E-state index in [1.165, 1.54) is 0 Å². The highest BCUT2D eigenvalue weighted by Gasteiger charge is 2.16. The molecule has 0 bridgehead atoms. The number of aromatic amines is 1. The van der Waals surface area contributed by atoms with Crippen LogP contribution >= 0.6 is 0 Å². The third kappa shape index (κ3) is 3.17. The van der Waals surface area contributed by atoms with Gasteiger partial charge in [0.2, 0.25) is 0 Å². The first-order valence-electron chi connectivity index (χ1n) is 8.35. The third-order valence-corrected chi connectivity index (χ3v) is 4.25. The largest absolute Gasteiger partial charge is 0.481 e. The van der Waals surface area contributed by atoms with Crippen LogP contribution in [0.4, 0.5) is 0 Å². The van der Waals surface area contributed by atoms with E-state index in [0.29, 0.717) is 5.75 Å². The lowest BCUT2D eigenvalue weighted by atomic mass is 10.0. The van der Waals surface area contributed by atoms with Crippen LogP contribution in [0.5, 0.6) is 11.5 Å². The van der Waals surface area contributed by atoms with Crippen molar-refractivity contribution in [2.45, 2.75) is 6.42 Å². The summed E-state index contributed by atoms with van der Waals surface area (Å²) < 4.78 is 5.90. The summed E-state index contributed by atoms with van der Waals surface area (Å²) in [5.74, 6) is 0.553. The number of rotatable bonds is 5. The summed E-state index contributed by atoms with van der Waals surface area (Å²) >= 11 is 0. The second kappa shape index (κ2) is 6.76. The maximum absolute atomic E-state index is 11.4. The summed E-state index contributed by atoms with van der Waals surface area (Å²) in [6.07, 6.45) is -0.0565. The number of hydrogen-bond donors (Lipinski definition) is 2. The first-order chi connectivity index (χ1) is 12.7. The molecule has 4 heteroatoms. The number of aliphatic carboxylic acids is 1. The van der Waals surface area contributed by atoms with E-state index in [-0.39, 0.29) is 6.42 Å². The number of ether oxygens (including phenoxy) is 1. The van der Waals surface area contributed by atoms with Crippen LogP contribution in [0.15, 0.2) is 78.9 Å². The van der Waals surface area contributed by atoms with E-state index in [1.807, 2.05) is 78.9 Å². The zero-order valence-corrected chi connectivity index (χ0v) is 14.0. The number of hydrogen-bond acceptors (Lipinski definition) is 2. The maximum Gasteiger partial charge on any atom is 0.307 e. The molecule has 0 aliphatic carbocycles. The fourth-order valence-electron chi connectivity index (χ4n) is 3.10. The van der Waals surface area contributed by atoms with Gasteiger partial charge in [0.1, 0.15) is 11.5 Å². The molecule has 0 fully saturated rings. The molecule has 128 valence electrons. The molecule has 4 rings (SSSR count). The minimum atomic E-state index is -0.863. The number of carboxylic acid groups (broad SMARTS) is 1. The SMILES string of the molecule is O=C(O)Cc1c(-c2ccccc2)[nH]c2ccc(Oc3ccccc3)cc12. The molecule has 0 saturated heterocycles. The zero-order chi connectivity index (χ0) is 17.9. The Morgan fingerprint density at radius 2 is 1.58 bits per heavy atom. The van der Waals surface area contributed by atoms with Gasteiger partial charge >= 0.3 is 5.97 Å². The van der Waals surface area contributed by atoms with E-state index < -0.39 is 5.97 Å². The quantitative estimate of drug-likeness (QED) is 0.520. The van der Waals surface area contributed by atoms with Gasteiger partial charge in [-0.2, -0.15) is 0 Å². The van der Waals surface area contributed by atoms with Gasteiger partial charge in [0.15, 0.2) is 0 Å². The second-order valence-electron chi connectivity index (χ2n) is 6.04. The van der Waals surface area contributed by atoms with Crippen molar-refractivity contribution in [3.63, 3.8) is 0 Å². The summed E-state index contributed by atoms with van der Waals surface area (Å²) in [6.45, 7) is 0. The highest BCUT2D eigenvalue weighted by molar-refractivity contribution is 5.94. The Labute approximate surface area is 150 Å². The molecule has 26 heavy (non-hydrogen) atoms. The molecule has 1 heterocycles. The lowest BCUT2D eigenvalue weighted by Crippen LogP contribution is -2.01. The maximum atomic E-state index is 11.4. The van der Waals surface area contributed by atoms with Crippen molar-refractivity contribution >= 4 is 16.9 Å². The van der Waals surface area contributed by atoms with Gasteiger partial charge in [-0.25, -0.2) is 0 Å². The van der Waals surface area contributed by atoms with Gasteiger partial charge in [-0.1, -0.05) is 48.5 Å². The molecule has 0 aliphatic heterocycles. The van der Waals surface area contributed by atoms with E-state index in [1.54, 1.807) is 0 Å². The lowest BCUT2D eigenvalue weighted by molar-refractivity contribution is -0.136. The average Bonchev–Trinajstić information content (AvgIpc) is 3.01. The van der Waals surface area contributed by atoms with Crippen LogP contribution in [0.3, 0.4) is 0 Å². The summed E-state index contributed by atoms with van der Waals surface area (Å²) in [6, 6.07) is 25.0. The number of nitrogens with one attached hydrogen (secondary N) is 1. The number of H-pyrrole nitrogens is 1. The topological polar surface area (TPSA) is 62.3 Å². The minimum absolute atomic E-state index is 0.0565. The van der Waals surface area contributed by atoms with Crippen LogP contribution in [0.1, 0.15) is 5.56 Å². The summed E-state index contributed by atoms with van der Waals surface area (Å²) in [5, 5.41) is 10.2. The van der Waals surface area contributed by atoms with E-state index in [0.717, 1.165) is 33.5 Å². The summed E-state index contributed by atoms with van der Waals surface area (Å²) in [4.78, 5) is 14.8. The van der Waals surface area contributed by atoms with Crippen molar-refractivity contribution in [2.75, 3.05) is 0 Å². The van der Waals surface area contributed by atoms with Crippen molar-refractivity contribution in [2.24, 2.45) is 0 Å². The van der Waals surface area contributed by atoms with E-state index in [2.05, 4.69) is 4.98 Å². The molecule has 4 aromatic rings. The molecular formula is C22H17NO3. The average molecular weight is 343 g/mol. The predicted octanol–water partition coefficient (Wildman–Crippen LogP) is 5.25. The molecular weight excluding hydrogens is 326 g/mol. The Balaban J connectivity index is 1.82.